The number of nitrogens with one attached hydrogen (secondary N) is 2. The molecule has 2 aromatic carbocycles. The van der Waals surface area contributed by atoms with Gasteiger partial charge in [-0.1, -0.05) is 48.5 Å². The van der Waals surface area contributed by atoms with Crippen molar-refractivity contribution < 1.29 is 19.0 Å². The molecule has 0 saturated carbocycles. The molecule has 0 aliphatic carbocycles. The van der Waals surface area contributed by atoms with Crippen LogP contribution in [0.5, 0.6) is 0 Å². The molecule has 1 aromatic heterocycles. The van der Waals surface area contributed by atoms with E-state index in [4.69, 9.17) is 14.2 Å². The van der Waals surface area contributed by atoms with Gasteiger partial charge >= 0.3 is 11.7 Å². The monoisotopic (exact) mass is 463 g/mol. The SMILES string of the molecule is Cc1cn([C@@H]2O[C@@]3(COC(=O)c4ccccc4)CN[C@@H]2[C@@H]3OCc2ccccc2)c(=O)[nH]c1=O. The second-order valence-corrected chi connectivity index (χ2v) is 8.62. The zero-order valence-electron chi connectivity index (χ0n) is 18.6. The lowest BCUT2D eigenvalue weighted by molar-refractivity contribution is -0.144. The average Bonchev–Trinajstić information content (AvgIpc) is 3.36. The van der Waals surface area contributed by atoms with Crippen molar-refractivity contribution in [3.05, 3.63) is 104 Å². The molecule has 2 aliphatic heterocycles. The molecular formula is C25H25N3O6. The third-order valence-electron chi connectivity index (χ3n) is 6.29. The first-order chi connectivity index (χ1) is 16.5. The lowest BCUT2D eigenvalue weighted by atomic mass is 10.00. The van der Waals surface area contributed by atoms with Gasteiger partial charge in [0, 0.05) is 18.3 Å². The van der Waals surface area contributed by atoms with E-state index < -0.39 is 35.2 Å². The predicted octanol–water partition coefficient (Wildman–Crippen LogP) is 1.53. The van der Waals surface area contributed by atoms with Crippen molar-refractivity contribution in [2.24, 2.45) is 0 Å². The molecule has 2 N–H and O–H groups in total. The van der Waals surface area contributed by atoms with Crippen molar-refractivity contribution in [1.29, 1.82) is 0 Å². The number of ether oxygens (including phenoxy) is 3. The number of aromatic amines is 1. The lowest BCUT2D eigenvalue weighted by Crippen LogP contribution is -2.49. The number of hydrogen-bond donors (Lipinski definition) is 2. The highest BCUT2D eigenvalue weighted by Gasteiger charge is 2.62. The van der Waals surface area contributed by atoms with Crippen molar-refractivity contribution in [3.8, 4) is 0 Å². The van der Waals surface area contributed by atoms with Crippen LogP contribution in [0.25, 0.3) is 0 Å². The fourth-order valence-corrected chi connectivity index (χ4v) is 4.53. The topological polar surface area (TPSA) is 112 Å². The number of nitrogens with zero attached hydrogens (tertiary/aromatic N) is 1. The third kappa shape index (κ3) is 4.09. The largest absolute Gasteiger partial charge is 0.459 e. The number of fused-ring (bicyclic) bond motifs is 2. The number of morpholine rings is 1. The molecule has 2 aliphatic rings. The standard InChI is InChI=1S/C25H25N3O6/c1-16-12-28(24(31)27-21(16)29)22-19-20(32-13-17-8-4-2-5-9-17)25(34-22,14-26-19)15-33-23(30)18-10-6-3-7-11-18/h2-12,19-20,22,26H,13-15H2,1H3,(H,27,29,31)/t19-,20+,22-,25-/m1/s1. The molecule has 2 saturated heterocycles. The van der Waals surface area contributed by atoms with E-state index in [0.717, 1.165) is 5.56 Å². The summed E-state index contributed by atoms with van der Waals surface area (Å²) in [4.78, 5) is 39.4. The van der Waals surface area contributed by atoms with Gasteiger partial charge in [-0.05, 0) is 24.6 Å². The first kappa shape index (κ1) is 22.3. The Hall–Kier alpha value is -3.53. The smallest absolute Gasteiger partial charge is 0.338 e. The molecule has 0 spiro atoms. The Morgan fingerprint density at radius 2 is 1.82 bits per heavy atom. The summed E-state index contributed by atoms with van der Waals surface area (Å²) < 4.78 is 19.7. The van der Waals surface area contributed by atoms with Crippen LogP contribution in [-0.2, 0) is 20.8 Å². The summed E-state index contributed by atoms with van der Waals surface area (Å²) in [6, 6.07) is 18.0. The molecule has 0 unspecified atom stereocenters. The van der Waals surface area contributed by atoms with E-state index in [2.05, 4.69) is 10.3 Å². The number of carbonyl (C=O) groups excluding carboxylic acids is 1. The summed E-state index contributed by atoms with van der Waals surface area (Å²) in [7, 11) is 0. The van der Waals surface area contributed by atoms with Crippen molar-refractivity contribution in [1.82, 2.24) is 14.9 Å². The highest BCUT2D eigenvalue weighted by atomic mass is 16.6. The maximum atomic E-state index is 12.6. The van der Waals surface area contributed by atoms with E-state index in [1.807, 2.05) is 36.4 Å². The number of aromatic nitrogens is 2. The lowest BCUT2D eigenvalue weighted by Gasteiger charge is -2.32. The summed E-state index contributed by atoms with van der Waals surface area (Å²) in [5.74, 6) is -0.468. The first-order valence-electron chi connectivity index (χ1n) is 11.1. The molecule has 5 rings (SSSR count). The highest BCUT2D eigenvalue weighted by Crippen LogP contribution is 2.43. The van der Waals surface area contributed by atoms with Crippen LogP contribution in [0.4, 0.5) is 0 Å². The van der Waals surface area contributed by atoms with Crippen LogP contribution in [0, 0.1) is 6.92 Å². The minimum atomic E-state index is -1.00. The fraction of sp³-hybridized carbons (Fsp3) is 0.320. The summed E-state index contributed by atoms with van der Waals surface area (Å²) >= 11 is 0. The number of hydrogen-bond acceptors (Lipinski definition) is 7. The Labute approximate surface area is 195 Å². The van der Waals surface area contributed by atoms with Crippen molar-refractivity contribution in [2.45, 2.75) is 37.5 Å². The number of rotatable bonds is 7. The van der Waals surface area contributed by atoms with Gasteiger partial charge in [0.2, 0.25) is 0 Å². The van der Waals surface area contributed by atoms with Gasteiger partial charge in [0.15, 0.2) is 6.23 Å². The Morgan fingerprint density at radius 1 is 1.12 bits per heavy atom. The predicted molar refractivity (Wildman–Crippen MR) is 122 cm³/mol. The van der Waals surface area contributed by atoms with Crippen LogP contribution in [0.3, 0.4) is 0 Å². The maximum Gasteiger partial charge on any atom is 0.338 e. The van der Waals surface area contributed by atoms with Crippen LogP contribution in [0.1, 0.15) is 27.7 Å². The van der Waals surface area contributed by atoms with Gasteiger partial charge in [0.1, 0.15) is 18.3 Å². The summed E-state index contributed by atoms with van der Waals surface area (Å²) in [5, 5.41) is 3.36. The third-order valence-corrected chi connectivity index (χ3v) is 6.29. The molecule has 3 heterocycles. The van der Waals surface area contributed by atoms with Gasteiger partial charge in [-0.3, -0.25) is 14.3 Å². The van der Waals surface area contributed by atoms with E-state index in [1.165, 1.54) is 10.8 Å². The van der Waals surface area contributed by atoms with Gasteiger partial charge in [-0.2, -0.15) is 0 Å². The maximum absolute atomic E-state index is 12.6. The fourth-order valence-electron chi connectivity index (χ4n) is 4.53. The van der Waals surface area contributed by atoms with Crippen LogP contribution < -0.4 is 16.6 Å². The molecule has 2 fully saturated rings. The Morgan fingerprint density at radius 3 is 2.56 bits per heavy atom. The second-order valence-electron chi connectivity index (χ2n) is 8.62. The molecule has 176 valence electrons. The van der Waals surface area contributed by atoms with Crippen LogP contribution in [0.2, 0.25) is 0 Å². The molecule has 9 nitrogen and oxygen atoms in total. The van der Waals surface area contributed by atoms with Crippen LogP contribution >= 0.6 is 0 Å². The number of carbonyl (C=O) groups is 1. The van der Waals surface area contributed by atoms with Crippen LogP contribution in [0.15, 0.2) is 76.4 Å². The van der Waals surface area contributed by atoms with Crippen molar-refractivity contribution in [2.75, 3.05) is 13.2 Å². The summed E-state index contributed by atoms with van der Waals surface area (Å²) in [5.41, 5.74) is -0.215. The zero-order chi connectivity index (χ0) is 23.7. The van der Waals surface area contributed by atoms with Gasteiger partial charge in [0.05, 0.1) is 18.2 Å². The summed E-state index contributed by atoms with van der Waals surface area (Å²) in [6.07, 6.45) is 0.236. The van der Waals surface area contributed by atoms with Gasteiger partial charge in [0.25, 0.3) is 5.56 Å². The molecular weight excluding hydrogens is 438 g/mol. The van der Waals surface area contributed by atoms with Gasteiger partial charge in [-0.25, -0.2) is 9.59 Å². The van der Waals surface area contributed by atoms with Crippen molar-refractivity contribution in [3.63, 3.8) is 0 Å². The highest BCUT2D eigenvalue weighted by molar-refractivity contribution is 5.89. The van der Waals surface area contributed by atoms with Crippen LogP contribution in [-0.4, -0.2) is 46.4 Å². The molecule has 3 aromatic rings. The quantitative estimate of drug-likeness (QED) is 0.511. The summed E-state index contributed by atoms with van der Waals surface area (Å²) in [6.45, 7) is 2.27. The number of benzene rings is 2. The number of aryl methyl sites for hydroxylation is 1. The van der Waals surface area contributed by atoms with E-state index in [-0.39, 0.29) is 12.6 Å². The minimum Gasteiger partial charge on any atom is -0.459 e. The molecule has 9 heteroatoms. The minimum absolute atomic E-state index is 0.0583. The Balaban J connectivity index is 1.42. The molecule has 2 bridgehead atoms. The zero-order valence-corrected chi connectivity index (χ0v) is 18.6. The molecule has 4 atom stereocenters. The van der Waals surface area contributed by atoms with Crippen molar-refractivity contribution >= 4 is 5.97 Å². The Bertz CT molecular complexity index is 1290. The van der Waals surface area contributed by atoms with E-state index >= 15 is 0 Å². The normalized spacial score (nSPS) is 25.4. The van der Waals surface area contributed by atoms with E-state index in [1.54, 1.807) is 31.2 Å². The molecule has 34 heavy (non-hydrogen) atoms. The number of H-pyrrole nitrogens is 1. The van der Waals surface area contributed by atoms with E-state index in [0.29, 0.717) is 24.3 Å². The average molecular weight is 463 g/mol. The number of esters is 1. The van der Waals surface area contributed by atoms with Gasteiger partial charge in [-0.15, -0.1) is 0 Å². The molecule has 0 amide bonds. The Kier molecular flexibility index (Phi) is 5.91. The van der Waals surface area contributed by atoms with E-state index in [9.17, 15) is 14.4 Å². The van der Waals surface area contributed by atoms with Gasteiger partial charge < -0.3 is 19.5 Å². The first-order valence-corrected chi connectivity index (χ1v) is 11.1. The second kappa shape index (κ2) is 9.02. The molecule has 0 radical (unpaired) electrons.